The minimum absolute atomic E-state index is 0.594. The molecule has 11 heavy (non-hydrogen) atoms. The second-order valence-electron chi connectivity index (χ2n) is 2.21. The quantitative estimate of drug-likeness (QED) is 0.660. The Kier molecular flexibility index (Phi) is 3.87. The van der Waals surface area contributed by atoms with Crippen molar-refractivity contribution in [3.8, 4) is 0 Å². The standard InChI is InChI=1S/C9H12S2/c1-10-9(11-2)8-6-4-3-5-7-8/h3-7,9H,1-2H3. The van der Waals surface area contributed by atoms with Gasteiger partial charge < -0.3 is 0 Å². The molecule has 0 N–H and O–H groups in total. The average Bonchev–Trinajstić information content (AvgIpc) is 2.09. The van der Waals surface area contributed by atoms with Crippen molar-refractivity contribution in [2.75, 3.05) is 12.5 Å². The molecule has 0 spiro atoms. The van der Waals surface area contributed by atoms with Crippen molar-refractivity contribution in [1.82, 2.24) is 0 Å². The Morgan fingerprint density at radius 2 is 1.55 bits per heavy atom. The normalized spacial score (nSPS) is 10.5. The first kappa shape index (κ1) is 9.01. The highest BCUT2D eigenvalue weighted by Crippen LogP contribution is 2.35. The lowest BCUT2D eigenvalue weighted by molar-refractivity contribution is 1.39. The summed E-state index contributed by atoms with van der Waals surface area (Å²) >= 11 is 3.77. The van der Waals surface area contributed by atoms with Crippen LogP contribution >= 0.6 is 23.5 Å². The fourth-order valence-corrected chi connectivity index (χ4v) is 2.61. The minimum atomic E-state index is 0.594. The lowest BCUT2D eigenvalue weighted by Gasteiger charge is -2.10. The van der Waals surface area contributed by atoms with Crippen LogP contribution in [0.25, 0.3) is 0 Å². The van der Waals surface area contributed by atoms with Crippen LogP contribution in [0.15, 0.2) is 30.3 Å². The van der Waals surface area contributed by atoms with Crippen molar-refractivity contribution in [2.45, 2.75) is 4.58 Å². The van der Waals surface area contributed by atoms with Gasteiger partial charge in [0, 0.05) is 0 Å². The predicted molar refractivity (Wildman–Crippen MR) is 56.2 cm³/mol. The highest BCUT2D eigenvalue weighted by atomic mass is 32.2. The Hall–Kier alpha value is -0.0800. The van der Waals surface area contributed by atoms with Crippen molar-refractivity contribution in [1.29, 1.82) is 0 Å². The zero-order valence-electron chi connectivity index (χ0n) is 6.78. The maximum absolute atomic E-state index is 2.18. The SMILES string of the molecule is CSC(SC)c1ccccc1. The largest absolute Gasteiger partial charge is 0.146 e. The highest BCUT2D eigenvalue weighted by Gasteiger charge is 2.05. The monoisotopic (exact) mass is 184 g/mol. The van der Waals surface area contributed by atoms with Crippen LogP contribution in [0, 0.1) is 0 Å². The molecule has 0 saturated carbocycles. The first-order valence-corrected chi connectivity index (χ1v) is 6.06. The molecule has 1 aromatic carbocycles. The van der Waals surface area contributed by atoms with Gasteiger partial charge >= 0.3 is 0 Å². The lowest BCUT2D eigenvalue weighted by atomic mass is 10.2. The van der Waals surface area contributed by atoms with Crippen LogP contribution in [0.2, 0.25) is 0 Å². The fourth-order valence-electron chi connectivity index (χ4n) is 0.979. The van der Waals surface area contributed by atoms with Crippen molar-refractivity contribution in [3.05, 3.63) is 35.9 Å². The Morgan fingerprint density at radius 1 is 1.00 bits per heavy atom. The molecule has 0 nitrogen and oxygen atoms in total. The fraction of sp³-hybridized carbons (Fsp3) is 0.333. The van der Waals surface area contributed by atoms with Gasteiger partial charge in [-0.1, -0.05) is 30.3 Å². The van der Waals surface area contributed by atoms with E-state index in [2.05, 4.69) is 42.8 Å². The smallest absolute Gasteiger partial charge is 0.0745 e. The van der Waals surface area contributed by atoms with E-state index < -0.39 is 0 Å². The third kappa shape index (κ3) is 2.46. The van der Waals surface area contributed by atoms with E-state index in [1.807, 2.05) is 23.5 Å². The van der Waals surface area contributed by atoms with Crippen LogP contribution in [0.4, 0.5) is 0 Å². The highest BCUT2D eigenvalue weighted by molar-refractivity contribution is 8.15. The van der Waals surface area contributed by atoms with E-state index >= 15 is 0 Å². The van der Waals surface area contributed by atoms with E-state index in [4.69, 9.17) is 0 Å². The molecular formula is C9H12S2. The molecule has 1 aromatic rings. The molecule has 0 unspecified atom stereocenters. The summed E-state index contributed by atoms with van der Waals surface area (Å²) in [5.74, 6) is 0. The second kappa shape index (κ2) is 4.73. The zero-order chi connectivity index (χ0) is 8.10. The van der Waals surface area contributed by atoms with Gasteiger partial charge in [-0.3, -0.25) is 0 Å². The number of hydrogen-bond acceptors (Lipinski definition) is 2. The van der Waals surface area contributed by atoms with Gasteiger partial charge in [0.05, 0.1) is 4.58 Å². The van der Waals surface area contributed by atoms with Gasteiger partial charge in [-0.15, -0.1) is 23.5 Å². The van der Waals surface area contributed by atoms with E-state index in [9.17, 15) is 0 Å². The molecule has 0 amide bonds. The number of rotatable bonds is 3. The summed E-state index contributed by atoms with van der Waals surface area (Å²) in [5.41, 5.74) is 1.41. The maximum Gasteiger partial charge on any atom is 0.0745 e. The van der Waals surface area contributed by atoms with Crippen LogP contribution in [0.1, 0.15) is 10.1 Å². The van der Waals surface area contributed by atoms with E-state index in [-0.39, 0.29) is 0 Å². The second-order valence-corrected chi connectivity index (χ2v) is 4.40. The average molecular weight is 184 g/mol. The van der Waals surface area contributed by atoms with Crippen molar-refractivity contribution < 1.29 is 0 Å². The molecule has 0 atom stereocenters. The lowest BCUT2D eigenvalue weighted by Crippen LogP contribution is -1.85. The Bertz CT molecular complexity index is 192. The first-order chi connectivity index (χ1) is 5.38. The molecule has 0 radical (unpaired) electrons. The molecule has 0 heterocycles. The van der Waals surface area contributed by atoms with Crippen LogP contribution in [0.5, 0.6) is 0 Å². The molecule has 0 saturated heterocycles. The van der Waals surface area contributed by atoms with Crippen LogP contribution in [-0.2, 0) is 0 Å². The zero-order valence-corrected chi connectivity index (χ0v) is 8.41. The first-order valence-electron chi connectivity index (χ1n) is 3.49. The molecule has 1 rings (SSSR count). The summed E-state index contributed by atoms with van der Waals surface area (Å²) in [5, 5.41) is 0. The minimum Gasteiger partial charge on any atom is -0.146 e. The molecule has 0 aliphatic rings. The van der Waals surface area contributed by atoms with E-state index in [1.54, 1.807) is 0 Å². The molecule has 2 heteroatoms. The molecule has 0 bridgehead atoms. The molecule has 60 valence electrons. The topological polar surface area (TPSA) is 0 Å². The summed E-state index contributed by atoms with van der Waals surface area (Å²) in [6.45, 7) is 0. The Morgan fingerprint density at radius 3 is 2.00 bits per heavy atom. The molecule has 0 fully saturated rings. The molecular weight excluding hydrogens is 172 g/mol. The van der Waals surface area contributed by atoms with Crippen LogP contribution in [-0.4, -0.2) is 12.5 Å². The summed E-state index contributed by atoms with van der Waals surface area (Å²) in [4.78, 5) is 0. The summed E-state index contributed by atoms with van der Waals surface area (Å²) < 4.78 is 0.594. The van der Waals surface area contributed by atoms with Crippen molar-refractivity contribution in [2.24, 2.45) is 0 Å². The summed E-state index contributed by atoms with van der Waals surface area (Å²) in [6.07, 6.45) is 4.29. The maximum atomic E-state index is 2.18. The summed E-state index contributed by atoms with van der Waals surface area (Å²) in [6, 6.07) is 10.6. The van der Waals surface area contributed by atoms with Gasteiger partial charge in [0.2, 0.25) is 0 Å². The van der Waals surface area contributed by atoms with Gasteiger partial charge in [-0.25, -0.2) is 0 Å². The molecule has 0 aromatic heterocycles. The van der Waals surface area contributed by atoms with Gasteiger partial charge in [0.25, 0.3) is 0 Å². The van der Waals surface area contributed by atoms with E-state index in [1.165, 1.54) is 5.56 Å². The Balaban J connectivity index is 2.74. The van der Waals surface area contributed by atoms with Crippen LogP contribution < -0.4 is 0 Å². The molecule has 0 aliphatic heterocycles. The number of thioether (sulfide) groups is 2. The summed E-state index contributed by atoms with van der Waals surface area (Å²) in [7, 11) is 0. The Labute approximate surface area is 76.8 Å². The molecule has 0 aliphatic carbocycles. The van der Waals surface area contributed by atoms with Crippen molar-refractivity contribution in [3.63, 3.8) is 0 Å². The number of hydrogen-bond donors (Lipinski definition) is 0. The van der Waals surface area contributed by atoms with E-state index in [0.29, 0.717) is 4.58 Å². The number of benzene rings is 1. The van der Waals surface area contributed by atoms with Gasteiger partial charge in [-0.2, -0.15) is 0 Å². The predicted octanol–water partition coefficient (Wildman–Crippen LogP) is 3.41. The van der Waals surface area contributed by atoms with Gasteiger partial charge in [0.1, 0.15) is 0 Å². The third-order valence-electron chi connectivity index (χ3n) is 1.50. The van der Waals surface area contributed by atoms with Gasteiger partial charge in [-0.05, 0) is 18.1 Å². The van der Waals surface area contributed by atoms with Crippen molar-refractivity contribution >= 4 is 23.5 Å². The van der Waals surface area contributed by atoms with Gasteiger partial charge in [0.15, 0.2) is 0 Å². The third-order valence-corrected chi connectivity index (χ3v) is 4.06. The van der Waals surface area contributed by atoms with Crippen LogP contribution in [0.3, 0.4) is 0 Å². The van der Waals surface area contributed by atoms with E-state index in [0.717, 1.165) is 0 Å².